The number of nitrogens with two attached hydrogens (primary N) is 1. The summed E-state index contributed by atoms with van der Waals surface area (Å²) in [6, 6.07) is 10.6. The van der Waals surface area contributed by atoms with E-state index in [1.165, 1.54) is 0 Å². The summed E-state index contributed by atoms with van der Waals surface area (Å²) in [6.45, 7) is 2.50. The summed E-state index contributed by atoms with van der Waals surface area (Å²) in [4.78, 5) is 0. The molecule has 0 spiro atoms. The molecule has 2 aromatic rings. The Morgan fingerprint density at radius 1 is 1.20 bits per heavy atom. The first-order chi connectivity index (χ1) is 9.54. The van der Waals surface area contributed by atoms with Crippen LogP contribution < -0.4 is 10.5 Å². The first-order valence-corrected chi connectivity index (χ1v) is 7.71. The Morgan fingerprint density at radius 2 is 1.85 bits per heavy atom. The summed E-state index contributed by atoms with van der Waals surface area (Å²) in [7, 11) is 0. The zero-order chi connectivity index (χ0) is 14.7. The smallest absolute Gasteiger partial charge is 0.124 e. The first-order valence-electron chi connectivity index (χ1n) is 6.16. The molecule has 0 radical (unpaired) electrons. The molecule has 0 aromatic heterocycles. The van der Waals surface area contributed by atoms with E-state index >= 15 is 0 Å². The molecule has 0 bridgehead atoms. The second kappa shape index (κ2) is 6.81. The van der Waals surface area contributed by atoms with Gasteiger partial charge in [0.15, 0.2) is 0 Å². The lowest BCUT2D eigenvalue weighted by molar-refractivity contribution is 0.335. The molecular formula is C15H14BrCl2NO. The molecule has 0 aliphatic rings. The van der Waals surface area contributed by atoms with Crippen LogP contribution in [0.3, 0.4) is 0 Å². The molecule has 1 atom stereocenters. The summed E-state index contributed by atoms with van der Waals surface area (Å²) in [5.74, 6) is 0.735. The van der Waals surface area contributed by atoms with Crippen LogP contribution in [0.2, 0.25) is 10.0 Å². The number of halogens is 3. The average molecular weight is 375 g/mol. The van der Waals surface area contributed by atoms with Crippen molar-refractivity contribution in [3.05, 3.63) is 62.0 Å². The molecule has 0 amide bonds. The van der Waals surface area contributed by atoms with Crippen LogP contribution >= 0.6 is 39.1 Å². The van der Waals surface area contributed by atoms with Gasteiger partial charge in [-0.2, -0.15) is 0 Å². The van der Waals surface area contributed by atoms with Crippen LogP contribution in [0.15, 0.2) is 40.9 Å². The van der Waals surface area contributed by atoms with Gasteiger partial charge in [0.05, 0.1) is 12.6 Å². The number of hydrogen-bond donors (Lipinski definition) is 1. The van der Waals surface area contributed by atoms with Crippen molar-refractivity contribution in [3.63, 3.8) is 0 Å². The minimum Gasteiger partial charge on any atom is -0.494 e. The van der Waals surface area contributed by atoms with Crippen LogP contribution in [0.25, 0.3) is 0 Å². The fraction of sp³-hybridized carbons (Fsp3) is 0.200. The first kappa shape index (κ1) is 15.6. The Balaban J connectivity index is 2.52. The Morgan fingerprint density at radius 3 is 2.45 bits per heavy atom. The van der Waals surface area contributed by atoms with Crippen molar-refractivity contribution >= 4 is 39.1 Å². The van der Waals surface area contributed by atoms with Gasteiger partial charge in [0.1, 0.15) is 5.75 Å². The van der Waals surface area contributed by atoms with Gasteiger partial charge < -0.3 is 10.5 Å². The van der Waals surface area contributed by atoms with Crippen LogP contribution in [0.4, 0.5) is 0 Å². The molecule has 0 aliphatic heterocycles. The quantitative estimate of drug-likeness (QED) is 0.797. The highest BCUT2D eigenvalue weighted by Crippen LogP contribution is 2.37. The summed E-state index contributed by atoms with van der Waals surface area (Å²) in [5, 5.41) is 1.10. The Hall–Kier alpha value is -0.740. The fourth-order valence-corrected chi connectivity index (χ4v) is 3.02. The van der Waals surface area contributed by atoms with Crippen LogP contribution in [0.1, 0.15) is 24.1 Å². The highest BCUT2D eigenvalue weighted by Gasteiger charge is 2.20. The van der Waals surface area contributed by atoms with E-state index < -0.39 is 6.04 Å². The van der Waals surface area contributed by atoms with Gasteiger partial charge in [-0.1, -0.05) is 45.2 Å². The summed E-state index contributed by atoms with van der Waals surface area (Å²) in [6.07, 6.45) is 0. The molecule has 20 heavy (non-hydrogen) atoms. The van der Waals surface area contributed by atoms with Crippen LogP contribution in [0.5, 0.6) is 5.75 Å². The number of rotatable bonds is 4. The van der Waals surface area contributed by atoms with Gasteiger partial charge in [-0.3, -0.25) is 0 Å². The molecule has 5 heteroatoms. The molecule has 2 rings (SSSR count). The maximum absolute atomic E-state index is 6.35. The van der Waals surface area contributed by atoms with E-state index in [0.29, 0.717) is 22.2 Å². The van der Waals surface area contributed by atoms with Crippen molar-refractivity contribution in [1.82, 2.24) is 0 Å². The molecule has 2 nitrogen and oxygen atoms in total. The van der Waals surface area contributed by atoms with E-state index in [1.54, 1.807) is 18.2 Å². The Labute approximate surface area is 137 Å². The van der Waals surface area contributed by atoms with Crippen molar-refractivity contribution in [2.75, 3.05) is 6.61 Å². The third-order valence-corrected chi connectivity index (χ3v) is 4.07. The van der Waals surface area contributed by atoms with Crippen LogP contribution in [0, 0.1) is 0 Å². The van der Waals surface area contributed by atoms with Crippen molar-refractivity contribution in [2.24, 2.45) is 5.73 Å². The zero-order valence-corrected chi connectivity index (χ0v) is 14.0. The van der Waals surface area contributed by atoms with E-state index in [1.807, 2.05) is 25.1 Å². The van der Waals surface area contributed by atoms with E-state index in [4.69, 9.17) is 33.7 Å². The highest BCUT2D eigenvalue weighted by molar-refractivity contribution is 9.10. The fourth-order valence-electron chi connectivity index (χ4n) is 2.01. The van der Waals surface area contributed by atoms with Gasteiger partial charge in [0, 0.05) is 25.6 Å². The summed E-state index contributed by atoms with van der Waals surface area (Å²) in [5.41, 5.74) is 7.90. The lowest BCUT2D eigenvalue weighted by Gasteiger charge is -2.19. The molecule has 0 saturated heterocycles. The molecule has 0 heterocycles. The van der Waals surface area contributed by atoms with Gasteiger partial charge in [-0.15, -0.1) is 0 Å². The summed E-state index contributed by atoms with van der Waals surface area (Å²) < 4.78 is 6.55. The number of ether oxygens (including phenoxy) is 1. The predicted octanol–water partition coefficient (Wildman–Crippen LogP) is 5.20. The second-order valence-corrected chi connectivity index (χ2v) is 5.96. The third kappa shape index (κ3) is 3.29. The SMILES string of the molecule is CCOc1ccc(Br)cc1C(N)c1c(Cl)cccc1Cl. The van der Waals surface area contributed by atoms with Crippen LogP contribution in [-0.4, -0.2) is 6.61 Å². The highest BCUT2D eigenvalue weighted by atomic mass is 79.9. The molecule has 2 aromatic carbocycles. The molecular weight excluding hydrogens is 361 g/mol. The van der Waals surface area contributed by atoms with Gasteiger partial charge in [-0.05, 0) is 37.3 Å². The van der Waals surface area contributed by atoms with Crippen molar-refractivity contribution in [3.8, 4) is 5.75 Å². The Bertz CT molecular complexity index is 599. The lowest BCUT2D eigenvalue weighted by Crippen LogP contribution is -2.14. The van der Waals surface area contributed by atoms with Crippen molar-refractivity contribution in [2.45, 2.75) is 13.0 Å². The van der Waals surface area contributed by atoms with Crippen molar-refractivity contribution < 1.29 is 4.74 Å². The number of benzene rings is 2. The standard InChI is InChI=1S/C15H14BrCl2NO/c1-2-20-13-7-6-9(16)8-10(13)15(19)14-11(17)4-3-5-12(14)18/h3-8,15H,2,19H2,1H3. The molecule has 0 aliphatic carbocycles. The minimum atomic E-state index is -0.449. The minimum absolute atomic E-state index is 0.449. The van der Waals surface area contributed by atoms with E-state index in [2.05, 4.69) is 15.9 Å². The topological polar surface area (TPSA) is 35.2 Å². The molecule has 0 fully saturated rings. The van der Waals surface area contributed by atoms with Crippen molar-refractivity contribution in [1.29, 1.82) is 0 Å². The normalized spacial score (nSPS) is 12.2. The summed E-state index contributed by atoms with van der Waals surface area (Å²) >= 11 is 15.9. The predicted molar refractivity (Wildman–Crippen MR) is 87.8 cm³/mol. The molecule has 1 unspecified atom stereocenters. The van der Waals surface area contributed by atoms with Gasteiger partial charge >= 0.3 is 0 Å². The second-order valence-electron chi connectivity index (χ2n) is 4.23. The van der Waals surface area contributed by atoms with Gasteiger partial charge in [0.2, 0.25) is 0 Å². The van der Waals surface area contributed by atoms with Gasteiger partial charge in [0.25, 0.3) is 0 Å². The molecule has 106 valence electrons. The largest absolute Gasteiger partial charge is 0.494 e. The van der Waals surface area contributed by atoms with E-state index in [9.17, 15) is 0 Å². The average Bonchev–Trinajstić information content (AvgIpc) is 2.40. The zero-order valence-electron chi connectivity index (χ0n) is 10.9. The molecule has 2 N–H and O–H groups in total. The number of hydrogen-bond acceptors (Lipinski definition) is 2. The van der Waals surface area contributed by atoms with E-state index in [-0.39, 0.29) is 0 Å². The monoisotopic (exact) mass is 373 g/mol. The lowest BCUT2D eigenvalue weighted by atomic mass is 9.98. The maximum Gasteiger partial charge on any atom is 0.124 e. The van der Waals surface area contributed by atoms with Crippen LogP contribution in [-0.2, 0) is 0 Å². The Kier molecular flexibility index (Phi) is 5.33. The van der Waals surface area contributed by atoms with E-state index in [0.717, 1.165) is 15.8 Å². The maximum atomic E-state index is 6.35. The molecule has 0 saturated carbocycles. The third-order valence-electron chi connectivity index (χ3n) is 2.92. The van der Waals surface area contributed by atoms with Gasteiger partial charge in [-0.25, -0.2) is 0 Å².